The van der Waals surface area contributed by atoms with E-state index in [0.717, 1.165) is 77.1 Å². The lowest BCUT2D eigenvalue weighted by molar-refractivity contribution is -0.129. The maximum Gasteiger partial charge on any atom is 0.168 e. The topological polar surface area (TPSA) is 158 Å². The highest BCUT2D eigenvalue weighted by Crippen LogP contribution is 2.48. The smallest absolute Gasteiger partial charge is 0.168 e. The summed E-state index contributed by atoms with van der Waals surface area (Å²) in [7, 11) is 4.89. The van der Waals surface area contributed by atoms with Crippen molar-refractivity contribution in [3.05, 3.63) is 82.9 Å². The number of fused-ring (bicyclic) bond motifs is 9. The van der Waals surface area contributed by atoms with Crippen molar-refractivity contribution >= 4 is 49.6 Å². The van der Waals surface area contributed by atoms with Gasteiger partial charge in [-0.2, -0.15) is 0 Å². The molecule has 2 saturated carbocycles. The first-order valence-electron chi connectivity index (χ1n) is 20.6. The number of methoxy groups -OCH3 is 1. The lowest BCUT2D eigenvalue weighted by atomic mass is 9.81. The summed E-state index contributed by atoms with van der Waals surface area (Å²) in [6.07, 6.45) is 6.74. The molecule has 2 bridgehead atoms. The number of anilines is 1. The number of hydrogen-bond acceptors (Lipinski definition) is 12. The Morgan fingerprint density at radius 3 is 2.53 bits per heavy atom. The van der Waals surface area contributed by atoms with Crippen molar-refractivity contribution in [3.8, 4) is 28.4 Å². The summed E-state index contributed by atoms with van der Waals surface area (Å²) in [4.78, 5) is 26.0. The molecule has 0 amide bonds. The second-order valence-corrected chi connectivity index (χ2v) is 18.7. The van der Waals surface area contributed by atoms with Crippen molar-refractivity contribution in [1.82, 2.24) is 5.32 Å². The monoisotopic (exact) mass is 828 g/mol. The fourth-order valence-electron chi connectivity index (χ4n) is 8.96. The Labute approximate surface area is 348 Å². The van der Waals surface area contributed by atoms with Crippen molar-refractivity contribution in [2.75, 3.05) is 19.0 Å². The summed E-state index contributed by atoms with van der Waals surface area (Å²) >= 11 is 0. The average Bonchev–Trinajstić information content (AvgIpc) is 3.22. The Balaban J connectivity index is 1.24. The molecule has 5 atom stereocenters. The normalized spacial score (nSPS) is 22.6. The second kappa shape index (κ2) is 19.5. The fraction of sp³-hybridized carbons (Fsp3) is 0.478. The Kier molecular flexibility index (Phi) is 14.3. The maximum atomic E-state index is 14.3. The highest BCUT2D eigenvalue weighted by Gasteiger charge is 2.37. The van der Waals surface area contributed by atoms with E-state index in [1.165, 1.54) is 20.5 Å². The zero-order valence-electron chi connectivity index (χ0n) is 33.4. The molecule has 0 saturated heterocycles. The molecule has 2 aliphatic heterocycles. The van der Waals surface area contributed by atoms with Gasteiger partial charge in [0, 0.05) is 46.7 Å². The SMILES string of the molecule is COc1c(O)ccc2c1-c1ccc3ccc(O)cc3c1CSS[C@H]1CC[C@H](C[C@@H]1O)[C@@H](O[C@H](NC1CCCCC1)c1ccc(NCC(C)=O)c(CO)c1)CC(=O)CC2. The number of Topliss-reactive ketones (excluding diaryl/α,β-unsaturated/α-hetero) is 2. The van der Waals surface area contributed by atoms with Gasteiger partial charge in [0.15, 0.2) is 11.5 Å². The third-order valence-corrected chi connectivity index (χ3v) is 14.9. The number of ether oxygens (including phenoxy) is 2. The first-order valence-corrected chi connectivity index (χ1v) is 23.0. The first kappa shape index (κ1) is 42.3. The van der Waals surface area contributed by atoms with E-state index < -0.39 is 18.4 Å². The van der Waals surface area contributed by atoms with Crippen molar-refractivity contribution in [1.29, 1.82) is 0 Å². The summed E-state index contributed by atoms with van der Waals surface area (Å²) < 4.78 is 12.9. The summed E-state index contributed by atoms with van der Waals surface area (Å²) in [6.45, 7) is 1.46. The van der Waals surface area contributed by atoms with Gasteiger partial charge in [-0.3, -0.25) is 14.9 Å². The van der Waals surface area contributed by atoms with Crippen LogP contribution in [0.1, 0.15) is 99.6 Å². The molecule has 6 N–H and O–H groups in total. The summed E-state index contributed by atoms with van der Waals surface area (Å²) in [5.41, 5.74) is 5.62. The number of aliphatic hydroxyl groups excluding tert-OH is 2. The van der Waals surface area contributed by atoms with E-state index in [1.807, 2.05) is 42.5 Å². The number of carbonyl (C=O) groups excluding carboxylic acids is 2. The molecule has 310 valence electrons. The number of aliphatic hydroxyl groups is 2. The third kappa shape index (κ3) is 9.97. The number of phenols is 2. The van der Waals surface area contributed by atoms with Crippen LogP contribution in [0.2, 0.25) is 0 Å². The van der Waals surface area contributed by atoms with Gasteiger partial charge < -0.3 is 35.2 Å². The molecule has 2 fully saturated rings. The Morgan fingerprint density at radius 2 is 1.78 bits per heavy atom. The number of aromatic hydroxyl groups is 2. The van der Waals surface area contributed by atoms with E-state index in [2.05, 4.69) is 10.6 Å². The first-order chi connectivity index (χ1) is 28.1. The van der Waals surface area contributed by atoms with Gasteiger partial charge in [-0.05, 0) is 115 Å². The molecule has 58 heavy (non-hydrogen) atoms. The van der Waals surface area contributed by atoms with Gasteiger partial charge in [0.1, 0.15) is 23.5 Å². The standard InChI is InChI=1S/C46H56N2O8S2/c1-27(50)24-47-39-17-11-31(20-32(39)25-49)46(48-33-6-4-3-5-7-33)56-42-23-35(52)15-9-29-12-18-40(53)45(55-2)44(29)36-16-10-28-8-14-34(51)22-37(28)38(36)26-57-58-43-19-13-30(42)21-41(43)54/h8,10-12,14,16-18,20,22,30,33,41-43,46-49,51,53-54H,3-7,9,13,15,19,21,23-26H2,1-2H3/t30-,41+,42+,43+,46+/m1/s1. The molecule has 0 radical (unpaired) electrons. The van der Waals surface area contributed by atoms with E-state index >= 15 is 0 Å². The van der Waals surface area contributed by atoms with Gasteiger partial charge in [0.05, 0.1) is 32.5 Å². The zero-order valence-corrected chi connectivity index (χ0v) is 35.0. The van der Waals surface area contributed by atoms with Crippen LogP contribution in [0, 0.1) is 5.92 Å². The molecule has 8 rings (SSSR count). The Hall–Kier alpha value is -3.78. The number of aryl methyl sites for hydroxylation is 1. The molecule has 4 aliphatic rings. The van der Waals surface area contributed by atoms with Crippen LogP contribution in [0.25, 0.3) is 21.9 Å². The molecule has 0 aromatic heterocycles. The van der Waals surface area contributed by atoms with E-state index in [4.69, 9.17) is 9.47 Å². The maximum absolute atomic E-state index is 14.3. The Bertz CT molecular complexity index is 2090. The highest BCUT2D eigenvalue weighted by atomic mass is 33.1. The van der Waals surface area contributed by atoms with Gasteiger partial charge in [-0.15, -0.1) is 0 Å². The van der Waals surface area contributed by atoms with Crippen LogP contribution in [-0.2, 0) is 33.1 Å². The molecule has 2 heterocycles. The minimum atomic E-state index is -0.600. The van der Waals surface area contributed by atoms with Crippen LogP contribution >= 0.6 is 21.6 Å². The zero-order chi connectivity index (χ0) is 40.8. The predicted octanol–water partition coefficient (Wildman–Crippen LogP) is 8.74. The number of carbonyl (C=O) groups is 2. The summed E-state index contributed by atoms with van der Waals surface area (Å²) in [5.74, 6) is 1.04. The number of nitrogens with one attached hydrogen (secondary N) is 2. The van der Waals surface area contributed by atoms with Crippen LogP contribution in [0.15, 0.2) is 60.7 Å². The molecule has 2 aliphatic carbocycles. The van der Waals surface area contributed by atoms with E-state index in [0.29, 0.717) is 35.6 Å². The van der Waals surface area contributed by atoms with Crippen molar-refractivity contribution < 1.29 is 39.5 Å². The van der Waals surface area contributed by atoms with Crippen LogP contribution in [0.5, 0.6) is 17.2 Å². The molecule has 4 aromatic rings. The highest BCUT2D eigenvalue weighted by molar-refractivity contribution is 8.76. The Morgan fingerprint density at radius 1 is 0.966 bits per heavy atom. The van der Waals surface area contributed by atoms with E-state index in [1.54, 1.807) is 39.8 Å². The molecule has 0 unspecified atom stereocenters. The molecule has 10 nitrogen and oxygen atoms in total. The minimum absolute atomic E-state index is 0.00314. The van der Waals surface area contributed by atoms with Crippen molar-refractivity contribution in [3.63, 3.8) is 0 Å². The predicted molar refractivity (Wildman–Crippen MR) is 232 cm³/mol. The lowest BCUT2D eigenvalue weighted by Gasteiger charge is -2.39. The van der Waals surface area contributed by atoms with Gasteiger partial charge >= 0.3 is 0 Å². The van der Waals surface area contributed by atoms with E-state index in [9.17, 15) is 30.0 Å². The van der Waals surface area contributed by atoms with Crippen LogP contribution < -0.4 is 15.4 Å². The molecule has 12 heteroatoms. The molecular formula is C46H56N2O8S2. The fourth-order valence-corrected chi connectivity index (χ4v) is 11.9. The number of rotatable bonds is 10. The number of phenolic OH excluding ortho intramolecular Hbond substituents is 2. The summed E-state index contributed by atoms with van der Waals surface area (Å²) in [5, 5.41) is 52.5. The van der Waals surface area contributed by atoms with Crippen LogP contribution in [-0.4, -0.2) is 69.1 Å². The minimum Gasteiger partial charge on any atom is -0.508 e. The second-order valence-electron chi connectivity index (χ2n) is 16.1. The van der Waals surface area contributed by atoms with Crippen molar-refractivity contribution in [2.45, 2.75) is 120 Å². The average molecular weight is 829 g/mol. The number of benzene rings is 4. The molecular weight excluding hydrogens is 773 g/mol. The van der Waals surface area contributed by atoms with Crippen LogP contribution in [0.4, 0.5) is 5.69 Å². The molecule has 4 aromatic carbocycles. The van der Waals surface area contributed by atoms with Gasteiger partial charge in [-0.1, -0.05) is 71.2 Å². The number of ketones is 2. The lowest BCUT2D eigenvalue weighted by Crippen LogP contribution is -2.42. The van der Waals surface area contributed by atoms with Crippen molar-refractivity contribution in [2.24, 2.45) is 5.92 Å². The van der Waals surface area contributed by atoms with Gasteiger partial charge in [0.25, 0.3) is 0 Å². The largest absolute Gasteiger partial charge is 0.508 e. The van der Waals surface area contributed by atoms with E-state index in [-0.39, 0.29) is 66.3 Å². The third-order valence-electron chi connectivity index (χ3n) is 12.1. The van der Waals surface area contributed by atoms with Crippen LogP contribution in [0.3, 0.4) is 0 Å². The van der Waals surface area contributed by atoms with Gasteiger partial charge in [-0.25, -0.2) is 0 Å². The number of hydrogen-bond donors (Lipinski definition) is 6. The van der Waals surface area contributed by atoms with Gasteiger partial charge in [0.2, 0.25) is 0 Å². The quantitative estimate of drug-likeness (QED) is 0.0669. The summed E-state index contributed by atoms with van der Waals surface area (Å²) in [6, 6.07) is 18.9. The molecule has 0 spiro atoms.